The van der Waals surface area contributed by atoms with Crippen LogP contribution >= 0.6 is 0 Å². The van der Waals surface area contributed by atoms with Gasteiger partial charge < -0.3 is 15.3 Å². The number of amides is 2. The van der Waals surface area contributed by atoms with Gasteiger partial charge in [0.1, 0.15) is 6.54 Å². The fraction of sp³-hybridized carbons (Fsp3) is 0.833. The topological polar surface area (TPSA) is 69.6 Å². The lowest BCUT2D eigenvalue weighted by Crippen LogP contribution is -2.37. The van der Waals surface area contributed by atoms with Gasteiger partial charge in [-0.1, -0.05) is 0 Å². The molecular weight excluding hydrogens is 277 g/mol. The molecule has 0 spiro atoms. The highest BCUT2D eigenvalue weighted by Gasteiger charge is 2.40. The predicted octanol–water partition coefficient (Wildman–Crippen LogP) is 0.676. The molecule has 8 heteroatoms. The van der Waals surface area contributed by atoms with Crippen LogP contribution in [0.15, 0.2) is 0 Å². The molecule has 1 fully saturated rings. The molecule has 0 radical (unpaired) electrons. The van der Waals surface area contributed by atoms with E-state index in [0.717, 1.165) is 6.42 Å². The second-order valence-electron chi connectivity index (χ2n) is 4.87. The molecule has 1 saturated heterocycles. The van der Waals surface area contributed by atoms with E-state index >= 15 is 0 Å². The summed E-state index contributed by atoms with van der Waals surface area (Å²) in [5.74, 6) is -1.72. The smallest absolute Gasteiger partial charge is 0.396 e. The molecule has 1 aliphatic rings. The first-order chi connectivity index (χ1) is 9.33. The van der Waals surface area contributed by atoms with Crippen molar-refractivity contribution in [1.29, 1.82) is 0 Å². The molecular formula is C12H19F3N2O3. The fourth-order valence-corrected chi connectivity index (χ4v) is 2.09. The van der Waals surface area contributed by atoms with Crippen LogP contribution in [0.25, 0.3) is 0 Å². The van der Waals surface area contributed by atoms with Gasteiger partial charge in [-0.3, -0.25) is 9.59 Å². The maximum absolute atomic E-state index is 12.2. The number of rotatable bonds is 7. The lowest BCUT2D eigenvalue weighted by atomic mass is 10.1. The van der Waals surface area contributed by atoms with Crippen molar-refractivity contribution in [2.45, 2.75) is 31.9 Å². The van der Waals surface area contributed by atoms with Crippen molar-refractivity contribution >= 4 is 11.8 Å². The molecule has 20 heavy (non-hydrogen) atoms. The summed E-state index contributed by atoms with van der Waals surface area (Å²) in [5.41, 5.74) is 0. The Balaban J connectivity index is 2.31. The van der Waals surface area contributed by atoms with Crippen LogP contribution in [0, 0.1) is 5.92 Å². The van der Waals surface area contributed by atoms with Crippen molar-refractivity contribution in [2.24, 2.45) is 5.92 Å². The lowest BCUT2D eigenvalue weighted by molar-refractivity contribution is -0.157. The van der Waals surface area contributed by atoms with Crippen LogP contribution in [0.2, 0.25) is 0 Å². The lowest BCUT2D eigenvalue weighted by Gasteiger charge is -2.18. The maximum atomic E-state index is 12.2. The summed E-state index contributed by atoms with van der Waals surface area (Å²) in [4.78, 5) is 23.8. The number of hydrogen-bond donors (Lipinski definition) is 2. The number of nitrogens with zero attached hydrogens (tertiary/aromatic N) is 1. The zero-order valence-corrected chi connectivity index (χ0v) is 11.1. The molecule has 0 aromatic heterocycles. The number of likely N-dealkylation sites (tertiary alicyclic amines) is 1. The average molecular weight is 296 g/mol. The molecule has 2 N–H and O–H groups in total. The first-order valence-corrected chi connectivity index (χ1v) is 6.56. The number of aliphatic hydroxyl groups excluding tert-OH is 1. The third-order valence-electron chi connectivity index (χ3n) is 3.09. The molecule has 1 rings (SSSR count). The van der Waals surface area contributed by atoms with Crippen LogP contribution in [-0.4, -0.2) is 54.2 Å². The maximum Gasteiger partial charge on any atom is 0.406 e. The van der Waals surface area contributed by atoms with E-state index in [1.165, 1.54) is 0 Å². The Kier molecular flexibility index (Phi) is 6.25. The zero-order chi connectivity index (χ0) is 15.2. The van der Waals surface area contributed by atoms with Gasteiger partial charge >= 0.3 is 6.18 Å². The summed E-state index contributed by atoms with van der Waals surface area (Å²) in [5, 5.41) is 11.2. The molecule has 2 amide bonds. The van der Waals surface area contributed by atoms with Crippen molar-refractivity contribution in [3.8, 4) is 0 Å². The van der Waals surface area contributed by atoms with Crippen molar-refractivity contribution in [3.05, 3.63) is 0 Å². The first-order valence-electron chi connectivity index (χ1n) is 6.56. The molecule has 0 aromatic carbocycles. The molecule has 0 saturated carbocycles. The minimum absolute atomic E-state index is 0.0947. The standard InChI is InChI=1S/C12H19F3N2O3/c13-12(14,15)8-17-7-9(6-10(17)19)11(20)16-4-2-1-3-5-18/h9,18H,1-8H2,(H,16,20). The fourth-order valence-electron chi connectivity index (χ4n) is 2.09. The third-order valence-corrected chi connectivity index (χ3v) is 3.09. The van der Waals surface area contributed by atoms with Gasteiger partial charge in [0.25, 0.3) is 0 Å². The van der Waals surface area contributed by atoms with Crippen LogP contribution in [0.5, 0.6) is 0 Å². The van der Waals surface area contributed by atoms with E-state index in [-0.39, 0.29) is 25.5 Å². The minimum atomic E-state index is -4.44. The Bertz CT molecular complexity index is 347. The molecule has 0 aromatic rings. The van der Waals surface area contributed by atoms with E-state index in [0.29, 0.717) is 24.3 Å². The van der Waals surface area contributed by atoms with E-state index < -0.39 is 24.5 Å². The zero-order valence-electron chi connectivity index (χ0n) is 11.1. The van der Waals surface area contributed by atoms with Crippen LogP contribution in [-0.2, 0) is 9.59 Å². The number of nitrogens with one attached hydrogen (secondary N) is 1. The van der Waals surface area contributed by atoms with Gasteiger partial charge in [-0.2, -0.15) is 13.2 Å². The minimum Gasteiger partial charge on any atom is -0.396 e. The van der Waals surface area contributed by atoms with Crippen LogP contribution in [0.3, 0.4) is 0 Å². The molecule has 116 valence electrons. The highest BCUT2D eigenvalue weighted by atomic mass is 19.4. The third kappa shape index (κ3) is 5.77. The Morgan fingerprint density at radius 1 is 1.35 bits per heavy atom. The van der Waals surface area contributed by atoms with Crippen LogP contribution in [0.1, 0.15) is 25.7 Å². The Labute approximate surface area is 115 Å². The molecule has 1 atom stereocenters. The molecule has 5 nitrogen and oxygen atoms in total. The largest absolute Gasteiger partial charge is 0.406 e. The van der Waals surface area contributed by atoms with Gasteiger partial charge in [0.15, 0.2) is 0 Å². The average Bonchev–Trinajstić information content (AvgIpc) is 2.68. The van der Waals surface area contributed by atoms with Crippen molar-refractivity contribution < 1.29 is 27.9 Å². The molecule has 1 aliphatic heterocycles. The Morgan fingerprint density at radius 2 is 2.05 bits per heavy atom. The predicted molar refractivity (Wildman–Crippen MR) is 64.7 cm³/mol. The number of unbranched alkanes of at least 4 members (excludes halogenated alkanes) is 2. The number of aliphatic hydroxyl groups is 1. The van der Waals surface area contributed by atoms with Gasteiger partial charge in [0.2, 0.25) is 11.8 Å². The number of halogens is 3. The summed E-state index contributed by atoms with van der Waals surface area (Å²) in [6.45, 7) is -0.979. The molecule has 1 unspecified atom stereocenters. The summed E-state index contributed by atoms with van der Waals surface area (Å²) in [7, 11) is 0. The van der Waals surface area contributed by atoms with E-state index in [9.17, 15) is 22.8 Å². The van der Waals surface area contributed by atoms with Crippen molar-refractivity contribution in [3.63, 3.8) is 0 Å². The summed E-state index contributed by atoms with van der Waals surface area (Å²) in [6.07, 6.45) is -2.50. The first kappa shape index (κ1) is 16.7. The number of carbonyl (C=O) groups is 2. The number of alkyl halides is 3. The van der Waals surface area contributed by atoms with E-state index in [1.54, 1.807) is 0 Å². The van der Waals surface area contributed by atoms with Crippen LogP contribution in [0.4, 0.5) is 13.2 Å². The second kappa shape index (κ2) is 7.47. The Hall–Kier alpha value is -1.31. The quantitative estimate of drug-likeness (QED) is 0.679. The second-order valence-corrected chi connectivity index (χ2v) is 4.87. The monoisotopic (exact) mass is 296 g/mol. The van der Waals surface area contributed by atoms with Crippen molar-refractivity contribution in [2.75, 3.05) is 26.2 Å². The van der Waals surface area contributed by atoms with Gasteiger partial charge in [0, 0.05) is 26.1 Å². The van der Waals surface area contributed by atoms with Gasteiger partial charge in [-0.05, 0) is 19.3 Å². The highest BCUT2D eigenvalue weighted by Crippen LogP contribution is 2.23. The summed E-state index contributed by atoms with van der Waals surface area (Å²) in [6, 6.07) is 0. The SMILES string of the molecule is O=C(NCCCCCO)C1CC(=O)N(CC(F)(F)F)C1. The molecule has 0 aliphatic carbocycles. The van der Waals surface area contributed by atoms with Gasteiger partial charge in [0.05, 0.1) is 5.92 Å². The van der Waals surface area contributed by atoms with Crippen molar-refractivity contribution in [1.82, 2.24) is 10.2 Å². The van der Waals surface area contributed by atoms with Crippen LogP contribution < -0.4 is 5.32 Å². The number of carbonyl (C=O) groups excluding carboxylic acids is 2. The van der Waals surface area contributed by atoms with E-state index in [4.69, 9.17) is 5.11 Å². The molecule has 1 heterocycles. The van der Waals surface area contributed by atoms with E-state index in [1.807, 2.05) is 0 Å². The summed E-state index contributed by atoms with van der Waals surface area (Å²) >= 11 is 0. The van der Waals surface area contributed by atoms with Gasteiger partial charge in [-0.25, -0.2) is 0 Å². The Morgan fingerprint density at radius 3 is 2.65 bits per heavy atom. The van der Waals surface area contributed by atoms with Gasteiger partial charge in [-0.15, -0.1) is 0 Å². The normalized spacial score (nSPS) is 19.5. The highest BCUT2D eigenvalue weighted by molar-refractivity contribution is 5.89. The molecule has 0 bridgehead atoms. The summed E-state index contributed by atoms with van der Waals surface area (Å²) < 4.78 is 36.6. The van der Waals surface area contributed by atoms with E-state index in [2.05, 4.69) is 5.32 Å². The number of hydrogen-bond acceptors (Lipinski definition) is 3.